The molecule has 0 aliphatic rings. The first-order chi connectivity index (χ1) is 12.1. The van der Waals surface area contributed by atoms with Crippen LogP contribution in [-0.4, -0.2) is 34.0 Å². The molecule has 3 rings (SSSR count). The molecule has 0 bridgehead atoms. The predicted molar refractivity (Wildman–Crippen MR) is 101 cm³/mol. The van der Waals surface area contributed by atoms with Gasteiger partial charge in [0.25, 0.3) is 5.91 Å². The second-order valence-corrected chi connectivity index (χ2v) is 5.88. The summed E-state index contributed by atoms with van der Waals surface area (Å²) in [5.74, 6) is 0.875. The summed E-state index contributed by atoms with van der Waals surface area (Å²) in [4.78, 5) is 12.3. The second-order valence-electron chi connectivity index (χ2n) is 4.94. The minimum absolute atomic E-state index is 0.146. The van der Waals surface area contributed by atoms with E-state index in [1.807, 2.05) is 0 Å². The van der Waals surface area contributed by atoms with E-state index >= 15 is 0 Å². The largest absolute Gasteiger partial charge is 0.497 e. The van der Waals surface area contributed by atoms with Crippen LogP contribution in [0, 0.1) is 0 Å². The quantitative estimate of drug-likeness (QED) is 0.679. The Morgan fingerprint density at radius 1 is 1.08 bits per heavy atom. The maximum Gasteiger partial charge on any atom is 0.257 e. The van der Waals surface area contributed by atoms with Gasteiger partial charge in [0, 0.05) is 11.6 Å². The van der Waals surface area contributed by atoms with E-state index in [1.54, 1.807) is 50.6 Å². The molecule has 0 saturated heterocycles. The van der Waals surface area contributed by atoms with Gasteiger partial charge in [-0.15, -0.1) is 0 Å². The summed E-state index contributed by atoms with van der Waals surface area (Å²) in [6.07, 6.45) is 0. The zero-order chi connectivity index (χ0) is 17.8. The first-order valence-electron chi connectivity index (χ1n) is 7.17. The molecule has 0 radical (unpaired) electrons. The van der Waals surface area contributed by atoms with Crippen LogP contribution in [0.3, 0.4) is 0 Å². The number of carbonyl (C=O) groups is 1. The van der Waals surface area contributed by atoms with Crippen molar-refractivity contribution in [2.24, 2.45) is 0 Å². The highest BCUT2D eigenvalue weighted by Crippen LogP contribution is 2.28. The third-order valence-electron chi connectivity index (χ3n) is 3.40. The Labute approximate surface area is 153 Å². The van der Waals surface area contributed by atoms with Crippen molar-refractivity contribution < 1.29 is 14.3 Å². The number of carbonyl (C=O) groups excluding carboxylic acids is 1. The predicted octanol–water partition coefficient (Wildman–Crippen LogP) is 2.84. The van der Waals surface area contributed by atoms with Gasteiger partial charge >= 0.3 is 0 Å². The van der Waals surface area contributed by atoms with Gasteiger partial charge in [0.15, 0.2) is 5.11 Å². The van der Waals surface area contributed by atoms with E-state index in [9.17, 15) is 4.79 Å². The highest BCUT2D eigenvalue weighted by atomic mass is 32.1. The molecule has 0 aliphatic heterocycles. The Hall–Kier alpha value is -2.78. The van der Waals surface area contributed by atoms with E-state index in [0.29, 0.717) is 28.3 Å². The first-order valence-corrected chi connectivity index (χ1v) is 8.31. The highest BCUT2D eigenvalue weighted by molar-refractivity contribution is 7.80. The monoisotopic (exact) mass is 374 g/mol. The van der Waals surface area contributed by atoms with Crippen LogP contribution >= 0.6 is 23.9 Å². The molecule has 9 heteroatoms. The zero-order valence-electron chi connectivity index (χ0n) is 13.4. The van der Waals surface area contributed by atoms with Crippen LogP contribution in [0.15, 0.2) is 36.4 Å². The summed E-state index contributed by atoms with van der Waals surface area (Å²) in [5.41, 5.74) is 2.46. The van der Waals surface area contributed by atoms with E-state index in [1.165, 1.54) is 0 Å². The molecule has 25 heavy (non-hydrogen) atoms. The van der Waals surface area contributed by atoms with Crippen molar-refractivity contribution in [2.45, 2.75) is 0 Å². The Balaban J connectivity index is 1.72. The number of nitrogens with one attached hydrogen (secondary N) is 2. The number of benzene rings is 2. The van der Waals surface area contributed by atoms with Crippen LogP contribution in [0.25, 0.3) is 11.0 Å². The smallest absolute Gasteiger partial charge is 0.257 e. The van der Waals surface area contributed by atoms with Crippen LogP contribution in [0.5, 0.6) is 11.5 Å². The van der Waals surface area contributed by atoms with Crippen molar-refractivity contribution in [3.63, 3.8) is 0 Å². The fourth-order valence-corrected chi connectivity index (χ4v) is 2.88. The van der Waals surface area contributed by atoms with E-state index in [0.717, 1.165) is 17.2 Å². The fourth-order valence-electron chi connectivity index (χ4n) is 2.16. The molecule has 2 N–H and O–H groups in total. The topological polar surface area (TPSA) is 85.4 Å². The SMILES string of the molecule is COc1ccc(OC)c(NC(=S)NC(=O)c2ccc3nsnc3c2)c1. The van der Waals surface area contributed by atoms with Gasteiger partial charge in [-0.25, -0.2) is 0 Å². The molecule has 128 valence electrons. The van der Waals surface area contributed by atoms with Crippen LogP contribution < -0.4 is 20.1 Å². The molecule has 0 aliphatic carbocycles. The standard InChI is InChI=1S/C16H14N4O3S2/c1-22-10-4-6-14(23-2)13(8-10)17-16(24)18-15(21)9-3-5-11-12(7-9)20-25-19-11/h3-8H,1-2H3,(H2,17,18,21,24). The van der Waals surface area contributed by atoms with E-state index in [2.05, 4.69) is 19.4 Å². The summed E-state index contributed by atoms with van der Waals surface area (Å²) in [7, 11) is 3.11. The van der Waals surface area contributed by atoms with Crippen molar-refractivity contribution in [2.75, 3.05) is 19.5 Å². The molecule has 3 aromatic rings. The van der Waals surface area contributed by atoms with Crippen molar-refractivity contribution in [3.05, 3.63) is 42.0 Å². The van der Waals surface area contributed by atoms with Gasteiger partial charge in [0.2, 0.25) is 0 Å². The molecule has 0 saturated carbocycles. The summed E-state index contributed by atoms with van der Waals surface area (Å²) in [6.45, 7) is 0. The molecule has 2 aromatic carbocycles. The molecule has 0 fully saturated rings. The average Bonchev–Trinajstić information content (AvgIpc) is 3.09. The van der Waals surface area contributed by atoms with Crippen LogP contribution in [-0.2, 0) is 0 Å². The number of thiocarbonyl (C=S) groups is 1. The first kappa shape index (κ1) is 17.1. The van der Waals surface area contributed by atoms with Gasteiger partial charge in [-0.2, -0.15) is 8.75 Å². The molecule has 1 amide bonds. The van der Waals surface area contributed by atoms with Crippen molar-refractivity contribution in [1.82, 2.24) is 14.1 Å². The van der Waals surface area contributed by atoms with E-state index in [4.69, 9.17) is 21.7 Å². The van der Waals surface area contributed by atoms with Gasteiger partial charge in [0.1, 0.15) is 22.5 Å². The van der Waals surface area contributed by atoms with Crippen LogP contribution in [0.4, 0.5) is 5.69 Å². The molecular formula is C16H14N4O3S2. The molecule has 1 aromatic heterocycles. The lowest BCUT2D eigenvalue weighted by molar-refractivity contribution is 0.0978. The lowest BCUT2D eigenvalue weighted by atomic mass is 10.2. The van der Waals surface area contributed by atoms with E-state index < -0.39 is 0 Å². The Morgan fingerprint density at radius 3 is 2.64 bits per heavy atom. The maximum atomic E-state index is 12.3. The van der Waals surface area contributed by atoms with Crippen LogP contribution in [0.1, 0.15) is 10.4 Å². The number of ether oxygens (including phenoxy) is 2. The van der Waals surface area contributed by atoms with Crippen molar-refractivity contribution in [3.8, 4) is 11.5 Å². The number of hydrogen-bond acceptors (Lipinski definition) is 7. The summed E-state index contributed by atoms with van der Waals surface area (Å²) in [5, 5.41) is 5.71. The van der Waals surface area contributed by atoms with Gasteiger partial charge in [-0.3, -0.25) is 10.1 Å². The number of aromatic nitrogens is 2. The molecular weight excluding hydrogens is 360 g/mol. The average molecular weight is 374 g/mol. The van der Waals surface area contributed by atoms with Gasteiger partial charge in [-0.1, -0.05) is 0 Å². The molecule has 0 unspecified atom stereocenters. The number of anilines is 1. The van der Waals surface area contributed by atoms with Gasteiger partial charge in [0.05, 0.1) is 31.6 Å². The molecule has 0 spiro atoms. The minimum Gasteiger partial charge on any atom is -0.497 e. The second kappa shape index (κ2) is 7.41. The maximum absolute atomic E-state index is 12.3. The highest BCUT2D eigenvalue weighted by Gasteiger charge is 2.12. The summed E-state index contributed by atoms with van der Waals surface area (Å²) < 4.78 is 18.7. The number of amides is 1. The normalized spacial score (nSPS) is 10.3. The summed E-state index contributed by atoms with van der Waals surface area (Å²) in [6, 6.07) is 10.3. The van der Waals surface area contributed by atoms with Gasteiger partial charge in [-0.05, 0) is 42.5 Å². The molecule has 1 heterocycles. The number of fused-ring (bicyclic) bond motifs is 1. The number of rotatable bonds is 4. The third kappa shape index (κ3) is 3.83. The van der Waals surface area contributed by atoms with Crippen molar-refractivity contribution in [1.29, 1.82) is 0 Å². The van der Waals surface area contributed by atoms with Crippen LogP contribution in [0.2, 0.25) is 0 Å². The molecule has 7 nitrogen and oxygen atoms in total. The lowest BCUT2D eigenvalue weighted by Crippen LogP contribution is -2.34. The lowest BCUT2D eigenvalue weighted by Gasteiger charge is -2.14. The Morgan fingerprint density at radius 2 is 1.88 bits per heavy atom. The van der Waals surface area contributed by atoms with Crippen molar-refractivity contribution >= 4 is 51.7 Å². The minimum atomic E-state index is -0.339. The number of hydrogen-bond donors (Lipinski definition) is 2. The van der Waals surface area contributed by atoms with Gasteiger partial charge < -0.3 is 14.8 Å². The zero-order valence-corrected chi connectivity index (χ0v) is 15.0. The number of methoxy groups -OCH3 is 2. The Bertz CT molecular complexity index is 942. The number of nitrogens with zero attached hydrogens (tertiary/aromatic N) is 2. The summed E-state index contributed by atoms with van der Waals surface area (Å²) >= 11 is 6.31. The molecule has 0 atom stereocenters. The fraction of sp³-hybridized carbons (Fsp3) is 0.125. The third-order valence-corrected chi connectivity index (χ3v) is 4.16. The Kier molecular flexibility index (Phi) is 5.05. The van der Waals surface area contributed by atoms with E-state index in [-0.39, 0.29) is 11.0 Å².